The monoisotopic (exact) mass is 170 g/mol. The molecule has 11 heavy (non-hydrogen) atoms. The van der Waals surface area contributed by atoms with Gasteiger partial charge in [0, 0.05) is 5.25 Å². The molecule has 4 nitrogen and oxygen atoms in total. The van der Waals surface area contributed by atoms with Gasteiger partial charge in [0.25, 0.3) is 0 Å². The second-order valence-electron chi connectivity index (χ2n) is 2.29. The topological polar surface area (TPSA) is 64.7 Å². The zero-order valence-electron chi connectivity index (χ0n) is 6.48. The van der Waals surface area contributed by atoms with E-state index in [2.05, 4.69) is 28.8 Å². The Morgan fingerprint density at radius 3 is 2.73 bits per heavy atom. The summed E-state index contributed by atoms with van der Waals surface area (Å²) in [6, 6.07) is 0. The average molecular weight is 170 g/mol. The van der Waals surface area contributed by atoms with Crippen molar-refractivity contribution in [3.8, 4) is 0 Å². The maximum atomic E-state index is 5.36. The van der Waals surface area contributed by atoms with Crippen molar-refractivity contribution in [1.29, 1.82) is 0 Å². The number of hydrogen-bond acceptors (Lipinski definition) is 5. The Morgan fingerprint density at radius 2 is 2.18 bits per heavy atom. The molecule has 1 aromatic heterocycles. The molecule has 0 unspecified atom stereocenters. The summed E-state index contributed by atoms with van der Waals surface area (Å²) >= 11 is 1.57. The molecule has 0 saturated heterocycles. The molecule has 0 spiro atoms. The SMILES string of the molecule is CC(C)Sc1ncnc(N)n1. The van der Waals surface area contributed by atoms with Gasteiger partial charge in [0.2, 0.25) is 5.95 Å². The largest absolute Gasteiger partial charge is 0.368 e. The maximum Gasteiger partial charge on any atom is 0.223 e. The first kappa shape index (κ1) is 8.26. The number of rotatable bonds is 2. The van der Waals surface area contributed by atoms with Crippen molar-refractivity contribution >= 4 is 17.7 Å². The van der Waals surface area contributed by atoms with Crippen LogP contribution >= 0.6 is 11.8 Å². The van der Waals surface area contributed by atoms with E-state index in [1.54, 1.807) is 11.8 Å². The molecular formula is C6H10N4S. The summed E-state index contributed by atoms with van der Waals surface area (Å²) in [5, 5.41) is 1.16. The molecule has 0 saturated carbocycles. The Morgan fingerprint density at radius 1 is 1.45 bits per heavy atom. The zero-order chi connectivity index (χ0) is 8.27. The Balaban J connectivity index is 2.71. The molecule has 0 atom stereocenters. The molecule has 0 aliphatic carbocycles. The number of nitrogen functional groups attached to an aromatic ring is 1. The smallest absolute Gasteiger partial charge is 0.223 e. The second kappa shape index (κ2) is 3.52. The molecule has 0 amide bonds. The van der Waals surface area contributed by atoms with Crippen LogP contribution in [-0.4, -0.2) is 20.2 Å². The van der Waals surface area contributed by atoms with Crippen molar-refractivity contribution in [1.82, 2.24) is 15.0 Å². The number of hydrogen-bond donors (Lipinski definition) is 1. The van der Waals surface area contributed by atoms with Gasteiger partial charge in [-0.25, -0.2) is 9.97 Å². The Bertz CT molecular complexity index is 238. The van der Waals surface area contributed by atoms with Gasteiger partial charge in [-0.3, -0.25) is 0 Å². The van der Waals surface area contributed by atoms with E-state index in [1.807, 2.05) is 0 Å². The van der Waals surface area contributed by atoms with E-state index in [0.29, 0.717) is 10.4 Å². The molecule has 0 bridgehead atoms. The summed E-state index contributed by atoms with van der Waals surface area (Å²) in [6.45, 7) is 4.15. The molecule has 1 rings (SSSR count). The van der Waals surface area contributed by atoms with Crippen LogP contribution in [-0.2, 0) is 0 Å². The number of nitrogens with zero attached hydrogens (tertiary/aromatic N) is 3. The first-order chi connectivity index (χ1) is 5.18. The van der Waals surface area contributed by atoms with Crippen LogP contribution in [0.5, 0.6) is 0 Å². The second-order valence-corrected chi connectivity index (χ2v) is 3.84. The normalized spacial score (nSPS) is 10.5. The molecule has 1 aromatic rings. The third kappa shape index (κ3) is 2.71. The summed E-state index contributed by atoms with van der Waals surface area (Å²) in [6.07, 6.45) is 1.42. The van der Waals surface area contributed by atoms with Crippen LogP contribution in [0.25, 0.3) is 0 Å². The third-order valence-electron chi connectivity index (χ3n) is 0.909. The third-order valence-corrected chi connectivity index (χ3v) is 1.79. The van der Waals surface area contributed by atoms with Gasteiger partial charge < -0.3 is 5.73 Å². The predicted molar refractivity (Wildman–Crippen MR) is 45.2 cm³/mol. The van der Waals surface area contributed by atoms with E-state index in [1.165, 1.54) is 6.33 Å². The minimum atomic E-state index is 0.281. The molecule has 1 heterocycles. The standard InChI is InChI=1S/C6H10N4S/c1-4(2)11-6-9-3-8-5(7)10-6/h3-4H,1-2H3,(H2,7,8,9,10). The average Bonchev–Trinajstić information content (AvgIpc) is 1.85. The lowest BCUT2D eigenvalue weighted by Gasteiger charge is -2.01. The summed E-state index contributed by atoms with van der Waals surface area (Å²) in [7, 11) is 0. The van der Waals surface area contributed by atoms with Gasteiger partial charge in [0.1, 0.15) is 6.33 Å². The Labute approximate surface area is 69.6 Å². The van der Waals surface area contributed by atoms with E-state index in [4.69, 9.17) is 5.73 Å². The fourth-order valence-electron chi connectivity index (χ4n) is 0.561. The quantitative estimate of drug-likeness (QED) is 0.669. The highest BCUT2D eigenvalue weighted by molar-refractivity contribution is 7.99. The van der Waals surface area contributed by atoms with Gasteiger partial charge in [-0.2, -0.15) is 4.98 Å². The minimum Gasteiger partial charge on any atom is -0.368 e. The minimum absolute atomic E-state index is 0.281. The van der Waals surface area contributed by atoms with Crippen LogP contribution in [0, 0.1) is 0 Å². The van der Waals surface area contributed by atoms with Gasteiger partial charge in [-0.05, 0) is 0 Å². The highest BCUT2D eigenvalue weighted by Crippen LogP contribution is 2.17. The van der Waals surface area contributed by atoms with Crippen LogP contribution in [0.4, 0.5) is 5.95 Å². The van der Waals surface area contributed by atoms with Gasteiger partial charge >= 0.3 is 0 Å². The molecule has 2 N–H and O–H groups in total. The van der Waals surface area contributed by atoms with Crippen molar-refractivity contribution in [2.75, 3.05) is 5.73 Å². The summed E-state index contributed by atoms with van der Waals surface area (Å²) in [4.78, 5) is 11.6. The van der Waals surface area contributed by atoms with Gasteiger partial charge in [-0.15, -0.1) is 0 Å². The Kier molecular flexibility index (Phi) is 2.64. The zero-order valence-corrected chi connectivity index (χ0v) is 7.30. The molecule has 5 heteroatoms. The van der Waals surface area contributed by atoms with Crippen molar-refractivity contribution in [3.05, 3.63) is 6.33 Å². The predicted octanol–water partition coefficient (Wildman–Crippen LogP) is 0.954. The van der Waals surface area contributed by atoms with E-state index < -0.39 is 0 Å². The number of aromatic nitrogens is 3. The van der Waals surface area contributed by atoms with Crippen LogP contribution in [0.1, 0.15) is 13.8 Å². The van der Waals surface area contributed by atoms with Gasteiger partial charge in [0.15, 0.2) is 5.16 Å². The van der Waals surface area contributed by atoms with Crippen molar-refractivity contribution in [2.24, 2.45) is 0 Å². The first-order valence-corrected chi connectivity index (χ1v) is 4.17. The lowest BCUT2D eigenvalue weighted by molar-refractivity contribution is 0.908. The molecule has 0 aliphatic heterocycles. The van der Waals surface area contributed by atoms with E-state index in [0.717, 1.165) is 0 Å². The van der Waals surface area contributed by atoms with Crippen LogP contribution in [0.2, 0.25) is 0 Å². The lowest BCUT2D eigenvalue weighted by Crippen LogP contribution is -1.98. The first-order valence-electron chi connectivity index (χ1n) is 3.29. The lowest BCUT2D eigenvalue weighted by atomic mass is 10.6. The summed E-state index contributed by atoms with van der Waals surface area (Å²) in [5.41, 5.74) is 5.36. The molecule has 0 radical (unpaired) electrons. The van der Waals surface area contributed by atoms with E-state index >= 15 is 0 Å². The highest BCUT2D eigenvalue weighted by Gasteiger charge is 2.00. The fourth-order valence-corrected chi connectivity index (χ4v) is 1.24. The summed E-state index contributed by atoms with van der Waals surface area (Å²) in [5.74, 6) is 0.281. The number of nitrogens with two attached hydrogens (primary N) is 1. The van der Waals surface area contributed by atoms with Gasteiger partial charge in [-0.1, -0.05) is 25.6 Å². The van der Waals surface area contributed by atoms with Crippen LogP contribution in [0.15, 0.2) is 11.5 Å². The maximum absolute atomic E-state index is 5.36. The highest BCUT2D eigenvalue weighted by atomic mass is 32.2. The van der Waals surface area contributed by atoms with Crippen LogP contribution in [0.3, 0.4) is 0 Å². The Hall–Kier alpha value is -0.840. The number of anilines is 1. The van der Waals surface area contributed by atoms with E-state index in [9.17, 15) is 0 Å². The molecule has 0 fully saturated rings. The molecule has 0 aromatic carbocycles. The molecule has 60 valence electrons. The van der Waals surface area contributed by atoms with Crippen molar-refractivity contribution < 1.29 is 0 Å². The van der Waals surface area contributed by atoms with E-state index in [-0.39, 0.29) is 5.95 Å². The van der Waals surface area contributed by atoms with Crippen LogP contribution < -0.4 is 5.73 Å². The van der Waals surface area contributed by atoms with Crippen molar-refractivity contribution in [2.45, 2.75) is 24.3 Å². The van der Waals surface area contributed by atoms with Gasteiger partial charge in [0.05, 0.1) is 0 Å². The fraction of sp³-hybridized carbons (Fsp3) is 0.500. The molecular weight excluding hydrogens is 160 g/mol. The molecule has 0 aliphatic rings. The van der Waals surface area contributed by atoms with Crippen molar-refractivity contribution in [3.63, 3.8) is 0 Å². The number of thioether (sulfide) groups is 1. The summed E-state index contributed by atoms with van der Waals surface area (Å²) < 4.78 is 0.